The summed E-state index contributed by atoms with van der Waals surface area (Å²) in [7, 11) is 0. The number of nitrogens with zero attached hydrogens (tertiary/aromatic N) is 5. The average Bonchev–Trinajstić information content (AvgIpc) is 2.83. The minimum atomic E-state index is -0.560. The molecule has 6 nitrogen and oxygen atoms in total. The van der Waals surface area contributed by atoms with Crippen molar-refractivity contribution in [1.29, 1.82) is 0 Å². The van der Waals surface area contributed by atoms with Gasteiger partial charge in [-0.3, -0.25) is 0 Å². The van der Waals surface area contributed by atoms with Gasteiger partial charge in [0.15, 0.2) is 11.5 Å². The zero-order valence-corrected chi connectivity index (χ0v) is 10.2. The molecule has 0 aliphatic carbocycles. The summed E-state index contributed by atoms with van der Waals surface area (Å²) in [6.07, 6.45) is 3.86. The first-order valence-corrected chi connectivity index (χ1v) is 5.93. The van der Waals surface area contributed by atoms with Crippen LogP contribution in [0.15, 0.2) is 28.9 Å². The summed E-state index contributed by atoms with van der Waals surface area (Å²) in [5, 5.41) is 0.601. The van der Waals surface area contributed by atoms with Crippen molar-refractivity contribution in [2.75, 3.05) is 0 Å². The molecule has 18 heavy (non-hydrogen) atoms. The van der Waals surface area contributed by atoms with E-state index in [0.29, 0.717) is 16.2 Å². The van der Waals surface area contributed by atoms with Gasteiger partial charge in [-0.25, -0.2) is 29.3 Å². The van der Waals surface area contributed by atoms with Gasteiger partial charge >= 0.3 is 0 Å². The van der Waals surface area contributed by atoms with Crippen LogP contribution in [0.1, 0.15) is 0 Å². The van der Waals surface area contributed by atoms with Gasteiger partial charge in [-0.15, -0.1) is 0 Å². The van der Waals surface area contributed by atoms with E-state index < -0.39 is 5.82 Å². The second-order valence-electron chi connectivity index (χ2n) is 3.17. The van der Waals surface area contributed by atoms with Gasteiger partial charge in [-0.2, -0.15) is 0 Å². The van der Waals surface area contributed by atoms with Crippen LogP contribution in [0.25, 0.3) is 11.2 Å². The molecule has 0 fully saturated rings. The first kappa shape index (κ1) is 11.3. The summed E-state index contributed by atoms with van der Waals surface area (Å²) < 4.78 is 13.5. The molecule has 0 radical (unpaired) electrons. The smallest absolute Gasteiger partial charge is 0.223 e. The Morgan fingerprint density at radius 1 is 1.17 bits per heavy atom. The molecule has 3 heterocycles. The standard InChI is InChI=1S/C9H4ClFN6S/c10-9-12-1-4(11)7(17-9)18-8-5-6(14-2-13-5)15-3-16-8/h1-3H,(H,13,14,15,16). The van der Waals surface area contributed by atoms with Crippen LogP contribution in [-0.2, 0) is 0 Å². The zero-order valence-electron chi connectivity index (χ0n) is 8.63. The van der Waals surface area contributed by atoms with E-state index >= 15 is 0 Å². The van der Waals surface area contributed by atoms with Crippen LogP contribution in [0.2, 0.25) is 5.28 Å². The van der Waals surface area contributed by atoms with Gasteiger partial charge in [-0.05, 0) is 23.4 Å². The lowest BCUT2D eigenvalue weighted by Gasteiger charge is -2.01. The highest BCUT2D eigenvalue weighted by atomic mass is 35.5. The third-order valence-corrected chi connectivity index (χ3v) is 3.23. The Bertz CT molecular complexity index is 717. The fourth-order valence-electron chi connectivity index (χ4n) is 1.31. The topological polar surface area (TPSA) is 80.2 Å². The lowest BCUT2D eigenvalue weighted by atomic mass is 10.6. The number of hydrogen-bond acceptors (Lipinski definition) is 6. The van der Waals surface area contributed by atoms with Gasteiger partial charge < -0.3 is 4.98 Å². The van der Waals surface area contributed by atoms with Crippen LogP contribution in [0.5, 0.6) is 0 Å². The maximum absolute atomic E-state index is 13.5. The summed E-state index contributed by atoms with van der Waals surface area (Å²) >= 11 is 6.65. The predicted molar refractivity (Wildman–Crippen MR) is 62.8 cm³/mol. The molecule has 0 spiro atoms. The molecule has 0 unspecified atom stereocenters. The van der Waals surface area contributed by atoms with E-state index in [0.717, 1.165) is 18.0 Å². The molecule has 0 atom stereocenters. The van der Waals surface area contributed by atoms with Crippen molar-refractivity contribution in [3.05, 3.63) is 30.0 Å². The molecule has 0 aliphatic heterocycles. The number of aromatic amines is 1. The van der Waals surface area contributed by atoms with Crippen LogP contribution in [0.3, 0.4) is 0 Å². The Labute approximate surface area is 109 Å². The SMILES string of the molecule is Fc1cnc(Cl)nc1Sc1ncnc2nc[nH]c12. The van der Waals surface area contributed by atoms with E-state index in [9.17, 15) is 4.39 Å². The van der Waals surface area contributed by atoms with Gasteiger partial charge in [0.05, 0.1) is 12.5 Å². The van der Waals surface area contributed by atoms with Crippen LogP contribution < -0.4 is 0 Å². The van der Waals surface area contributed by atoms with E-state index in [1.165, 1.54) is 12.7 Å². The van der Waals surface area contributed by atoms with Gasteiger partial charge in [0.1, 0.15) is 21.9 Å². The Balaban J connectivity index is 2.06. The third kappa shape index (κ3) is 2.00. The molecule has 3 rings (SSSR count). The summed E-state index contributed by atoms with van der Waals surface area (Å²) in [4.78, 5) is 22.2. The van der Waals surface area contributed by atoms with Crippen molar-refractivity contribution >= 4 is 34.5 Å². The molecule has 3 aromatic rings. The maximum Gasteiger partial charge on any atom is 0.223 e. The Morgan fingerprint density at radius 2 is 2.06 bits per heavy atom. The average molecular weight is 283 g/mol. The molecule has 0 saturated carbocycles. The van der Waals surface area contributed by atoms with Crippen molar-refractivity contribution in [1.82, 2.24) is 29.9 Å². The number of nitrogens with one attached hydrogen (secondary N) is 1. The van der Waals surface area contributed by atoms with Crippen LogP contribution in [0.4, 0.5) is 4.39 Å². The van der Waals surface area contributed by atoms with Crippen molar-refractivity contribution in [3.63, 3.8) is 0 Å². The van der Waals surface area contributed by atoms with E-state index in [2.05, 4.69) is 29.9 Å². The lowest BCUT2D eigenvalue weighted by Crippen LogP contribution is -1.92. The van der Waals surface area contributed by atoms with E-state index in [1.807, 2.05) is 0 Å². The fourth-order valence-corrected chi connectivity index (χ4v) is 2.32. The molecule has 0 amide bonds. The zero-order chi connectivity index (χ0) is 12.5. The van der Waals surface area contributed by atoms with Crippen molar-refractivity contribution < 1.29 is 4.39 Å². The Hall–Kier alpha value is -1.80. The molecule has 0 aliphatic rings. The molecule has 90 valence electrons. The van der Waals surface area contributed by atoms with E-state index in [1.54, 1.807) is 0 Å². The lowest BCUT2D eigenvalue weighted by molar-refractivity contribution is 0.579. The molecule has 0 saturated heterocycles. The van der Waals surface area contributed by atoms with Gasteiger partial charge in [0.2, 0.25) is 5.28 Å². The molecular weight excluding hydrogens is 279 g/mol. The number of fused-ring (bicyclic) bond motifs is 1. The van der Waals surface area contributed by atoms with Gasteiger partial charge in [0, 0.05) is 0 Å². The van der Waals surface area contributed by atoms with Gasteiger partial charge in [-0.1, -0.05) is 0 Å². The largest absolute Gasteiger partial charge is 0.341 e. The normalized spacial score (nSPS) is 11.0. The summed E-state index contributed by atoms with van der Waals surface area (Å²) in [6.45, 7) is 0. The minimum Gasteiger partial charge on any atom is -0.341 e. The van der Waals surface area contributed by atoms with Crippen molar-refractivity contribution in [2.24, 2.45) is 0 Å². The van der Waals surface area contributed by atoms with Crippen molar-refractivity contribution in [3.8, 4) is 0 Å². The first-order valence-electron chi connectivity index (χ1n) is 4.74. The quantitative estimate of drug-likeness (QED) is 0.572. The number of H-pyrrole nitrogens is 1. The molecular formula is C9H4ClFN6S. The van der Waals surface area contributed by atoms with Crippen LogP contribution >= 0.6 is 23.4 Å². The minimum absolute atomic E-state index is 0.0196. The summed E-state index contributed by atoms with van der Waals surface area (Å²) in [5.74, 6) is -0.560. The number of rotatable bonds is 2. The Kier molecular flexibility index (Phi) is 2.80. The second kappa shape index (κ2) is 4.46. The molecule has 1 N–H and O–H groups in total. The maximum atomic E-state index is 13.5. The number of hydrogen-bond donors (Lipinski definition) is 1. The van der Waals surface area contributed by atoms with E-state index in [-0.39, 0.29) is 10.3 Å². The number of imidazole rings is 1. The molecule has 3 aromatic heterocycles. The first-order chi connectivity index (χ1) is 8.74. The summed E-state index contributed by atoms with van der Waals surface area (Å²) in [5.41, 5.74) is 1.13. The summed E-state index contributed by atoms with van der Waals surface area (Å²) in [6, 6.07) is 0. The van der Waals surface area contributed by atoms with E-state index in [4.69, 9.17) is 11.6 Å². The monoisotopic (exact) mass is 282 g/mol. The highest BCUT2D eigenvalue weighted by molar-refractivity contribution is 7.99. The molecule has 0 aromatic carbocycles. The highest BCUT2D eigenvalue weighted by Gasteiger charge is 2.12. The van der Waals surface area contributed by atoms with Crippen molar-refractivity contribution in [2.45, 2.75) is 10.1 Å². The number of aromatic nitrogens is 6. The molecule has 9 heteroatoms. The highest BCUT2D eigenvalue weighted by Crippen LogP contribution is 2.30. The third-order valence-electron chi connectivity index (χ3n) is 2.06. The van der Waals surface area contributed by atoms with Crippen LogP contribution in [0, 0.1) is 5.82 Å². The predicted octanol–water partition coefficient (Wildman–Crippen LogP) is 2.09. The van der Waals surface area contributed by atoms with Gasteiger partial charge in [0.25, 0.3) is 0 Å². The fraction of sp³-hybridized carbons (Fsp3) is 0. The molecule has 0 bridgehead atoms. The number of halogens is 2. The van der Waals surface area contributed by atoms with Crippen LogP contribution in [-0.4, -0.2) is 29.9 Å². The second-order valence-corrected chi connectivity index (χ2v) is 4.49. The Morgan fingerprint density at radius 3 is 2.94 bits per heavy atom.